The van der Waals surface area contributed by atoms with Crippen molar-refractivity contribution in [2.24, 2.45) is 10.9 Å². The first-order chi connectivity index (χ1) is 28.2. The van der Waals surface area contributed by atoms with Crippen molar-refractivity contribution in [2.75, 3.05) is 0 Å². The minimum atomic E-state index is 0.0920. The molecule has 3 aromatic heterocycles. The van der Waals surface area contributed by atoms with Crippen LogP contribution in [-0.4, -0.2) is 14.7 Å². The smallest absolute Gasteiger partial charge is 0.0726 e. The molecule has 0 amide bonds. The molecule has 0 saturated carbocycles. The summed E-state index contributed by atoms with van der Waals surface area (Å²) in [5.74, 6) is 0.0920. The van der Waals surface area contributed by atoms with E-state index >= 15 is 0 Å². The summed E-state index contributed by atoms with van der Waals surface area (Å²) in [5.41, 5.74) is 11.9. The van der Waals surface area contributed by atoms with Crippen LogP contribution in [0.5, 0.6) is 0 Å². The van der Waals surface area contributed by atoms with Gasteiger partial charge in [-0.15, -0.1) is 0 Å². The number of para-hydroxylation sites is 3. The summed E-state index contributed by atoms with van der Waals surface area (Å²) in [5, 5.41) is 15.4. The van der Waals surface area contributed by atoms with E-state index in [4.69, 9.17) is 4.99 Å². The monoisotopic (exact) mass is 725 g/mol. The molecule has 0 N–H and O–H groups in total. The Kier molecular flexibility index (Phi) is 6.21. The molecule has 12 aromatic rings. The molecular formula is C54H35N3. The van der Waals surface area contributed by atoms with Gasteiger partial charge < -0.3 is 8.97 Å². The Morgan fingerprint density at radius 2 is 1.12 bits per heavy atom. The number of fused-ring (bicyclic) bond motifs is 16. The zero-order valence-electron chi connectivity index (χ0n) is 31.4. The van der Waals surface area contributed by atoms with Crippen molar-refractivity contribution in [2.45, 2.75) is 13.3 Å². The first kappa shape index (κ1) is 31.0. The highest BCUT2D eigenvalue weighted by Crippen LogP contribution is 2.49. The lowest BCUT2D eigenvalue weighted by atomic mass is 9.91. The summed E-state index contributed by atoms with van der Waals surface area (Å²) in [7, 11) is 0. The van der Waals surface area contributed by atoms with Crippen molar-refractivity contribution in [3.63, 3.8) is 0 Å². The van der Waals surface area contributed by atoms with E-state index in [0.29, 0.717) is 0 Å². The first-order valence-corrected chi connectivity index (χ1v) is 20.1. The highest BCUT2D eigenvalue weighted by atomic mass is 15.0. The minimum Gasteiger partial charge on any atom is -0.309 e. The van der Waals surface area contributed by atoms with Crippen LogP contribution in [0.2, 0.25) is 0 Å². The molecule has 1 aliphatic heterocycles. The summed E-state index contributed by atoms with van der Waals surface area (Å²) >= 11 is 0. The molecule has 266 valence electrons. The van der Waals surface area contributed by atoms with Crippen molar-refractivity contribution < 1.29 is 0 Å². The number of rotatable bonds is 3. The standard InChI is InChI=1S/C54H35N3/c1-2-32-30-48(41-18-7-10-20-45(41)55-52(32)36-26-27-38-35(29-36)24-23-33-13-3-5-15-37(33)38)56-47-22-12-9-19-42(47)50-49(56)31-44-40-17-8-11-21-46(40)57-53-39-16-6-4-14-34(39)25-28-43(53)51(50)54(44)57/h3-32H,2H2,1H3. The van der Waals surface area contributed by atoms with Crippen LogP contribution in [0, 0.1) is 5.92 Å². The van der Waals surface area contributed by atoms with Gasteiger partial charge in [0.05, 0.1) is 44.7 Å². The van der Waals surface area contributed by atoms with Gasteiger partial charge >= 0.3 is 0 Å². The topological polar surface area (TPSA) is 21.7 Å². The number of hydrogen-bond acceptors (Lipinski definition) is 1. The van der Waals surface area contributed by atoms with Gasteiger partial charge in [0.25, 0.3) is 0 Å². The van der Waals surface area contributed by atoms with Gasteiger partial charge in [0, 0.05) is 49.2 Å². The number of aliphatic imine (C=N–C) groups is 1. The van der Waals surface area contributed by atoms with E-state index in [1.165, 1.54) is 103 Å². The fraction of sp³-hybridized carbons (Fsp3) is 0.0556. The van der Waals surface area contributed by atoms with E-state index < -0.39 is 0 Å². The molecule has 0 fully saturated rings. The molecule has 13 rings (SSSR count). The molecule has 0 spiro atoms. The molecule has 1 aliphatic rings. The largest absolute Gasteiger partial charge is 0.309 e. The molecule has 9 aromatic carbocycles. The normalized spacial score (nSPS) is 14.9. The Labute approximate surface area is 328 Å². The van der Waals surface area contributed by atoms with Gasteiger partial charge in [0.2, 0.25) is 0 Å². The number of hydrogen-bond donors (Lipinski definition) is 0. The minimum absolute atomic E-state index is 0.0920. The van der Waals surface area contributed by atoms with E-state index in [0.717, 1.165) is 23.4 Å². The van der Waals surface area contributed by atoms with Crippen LogP contribution in [-0.2, 0) is 0 Å². The van der Waals surface area contributed by atoms with Crippen LogP contribution in [0.15, 0.2) is 181 Å². The third-order valence-corrected chi connectivity index (χ3v) is 12.8. The second kappa shape index (κ2) is 11.4. The van der Waals surface area contributed by atoms with Crippen LogP contribution in [0.1, 0.15) is 24.5 Å². The van der Waals surface area contributed by atoms with Gasteiger partial charge in [-0.05, 0) is 69.2 Å². The maximum absolute atomic E-state index is 5.58. The lowest BCUT2D eigenvalue weighted by Gasteiger charge is -2.17. The molecule has 0 aliphatic carbocycles. The van der Waals surface area contributed by atoms with E-state index in [2.05, 4.69) is 192 Å². The Morgan fingerprint density at radius 1 is 0.474 bits per heavy atom. The number of benzene rings is 9. The maximum Gasteiger partial charge on any atom is 0.0726 e. The summed E-state index contributed by atoms with van der Waals surface area (Å²) in [6, 6.07) is 62.8. The van der Waals surface area contributed by atoms with E-state index in [1.54, 1.807) is 0 Å². The van der Waals surface area contributed by atoms with Gasteiger partial charge in [0.1, 0.15) is 0 Å². The highest BCUT2D eigenvalue weighted by molar-refractivity contribution is 6.37. The molecule has 57 heavy (non-hydrogen) atoms. The van der Waals surface area contributed by atoms with E-state index in [1.807, 2.05) is 0 Å². The summed E-state index contributed by atoms with van der Waals surface area (Å²) in [4.78, 5) is 5.58. The van der Waals surface area contributed by atoms with Crippen molar-refractivity contribution in [1.29, 1.82) is 0 Å². The number of allylic oxidation sites excluding steroid dienone is 1. The maximum atomic E-state index is 5.58. The lowest BCUT2D eigenvalue weighted by molar-refractivity contribution is 0.816. The quantitative estimate of drug-likeness (QED) is 0.162. The molecule has 3 nitrogen and oxygen atoms in total. The highest BCUT2D eigenvalue weighted by Gasteiger charge is 2.28. The SMILES string of the molecule is CCC1C=C(n2c3ccccc3c3c4c5ccc6ccccc6c5n5c6ccccc6c(cc32)c45)c2ccccc2N=C1c1ccc2c(ccc3ccccc32)c1. The second-order valence-corrected chi connectivity index (χ2v) is 15.7. The Bertz CT molecular complexity index is 3740. The zero-order valence-corrected chi connectivity index (χ0v) is 31.4. The van der Waals surface area contributed by atoms with E-state index in [-0.39, 0.29) is 5.92 Å². The van der Waals surface area contributed by atoms with Crippen LogP contribution in [0.4, 0.5) is 5.69 Å². The molecule has 4 heterocycles. The third-order valence-electron chi connectivity index (χ3n) is 12.8. The average molecular weight is 726 g/mol. The summed E-state index contributed by atoms with van der Waals surface area (Å²) in [6.45, 7) is 2.30. The Balaban J connectivity index is 1.13. The van der Waals surface area contributed by atoms with Crippen molar-refractivity contribution in [3.8, 4) is 0 Å². The van der Waals surface area contributed by atoms with Crippen LogP contribution < -0.4 is 0 Å². The predicted octanol–water partition coefficient (Wildman–Crippen LogP) is 14.5. The average Bonchev–Trinajstić information content (AvgIpc) is 3.86. The van der Waals surface area contributed by atoms with Crippen molar-refractivity contribution in [1.82, 2.24) is 8.97 Å². The molecule has 0 radical (unpaired) electrons. The summed E-state index contributed by atoms with van der Waals surface area (Å²) in [6.07, 6.45) is 3.43. The predicted molar refractivity (Wildman–Crippen MR) is 243 cm³/mol. The lowest BCUT2D eigenvalue weighted by Crippen LogP contribution is -2.13. The molecule has 3 heteroatoms. The Hall–Kier alpha value is -7.23. The molecule has 1 unspecified atom stereocenters. The van der Waals surface area contributed by atoms with Crippen molar-refractivity contribution >= 4 is 109 Å². The second-order valence-electron chi connectivity index (χ2n) is 15.7. The zero-order chi connectivity index (χ0) is 37.4. The molecule has 1 atom stereocenters. The molecule has 0 saturated heterocycles. The van der Waals surface area contributed by atoms with Crippen LogP contribution in [0.25, 0.3) is 97.9 Å². The Morgan fingerprint density at radius 3 is 1.98 bits per heavy atom. The third kappa shape index (κ3) is 4.13. The van der Waals surface area contributed by atoms with Crippen LogP contribution >= 0.6 is 0 Å². The fourth-order valence-electron chi connectivity index (χ4n) is 10.3. The van der Waals surface area contributed by atoms with Gasteiger partial charge in [-0.1, -0.05) is 153 Å². The van der Waals surface area contributed by atoms with E-state index in [9.17, 15) is 0 Å². The van der Waals surface area contributed by atoms with Gasteiger partial charge in [0.15, 0.2) is 0 Å². The fourth-order valence-corrected chi connectivity index (χ4v) is 10.3. The molecule has 0 bridgehead atoms. The van der Waals surface area contributed by atoms with Gasteiger partial charge in [-0.2, -0.15) is 0 Å². The first-order valence-electron chi connectivity index (χ1n) is 20.1. The van der Waals surface area contributed by atoms with Gasteiger partial charge in [-0.25, -0.2) is 0 Å². The summed E-state index contributed by atoms with van der Waals surface area (Å²) < 4.78 is 5.10. The number of nitrogens with zero attached hydrogens (tertiary/aromatic N) is 3. The van der Waals surface area contributed by atoms with Crippen molar-refractivity contribution in [3.05, 3.63) is 187 Å². The number of aromatic nitrogens is 2. The van der Waals surface area contributed by atoms with Gasteiger partial charge in [-0.3, -0.25) is 4.99 Å². The van der Waals surface area contributed by atoms with Crippen LogP contribution in [0.3, 0.4) is 0 Å². The molecular weight excluding hydrogens is 691 g/mol.